The van der Waals surface area contributed by atoms with E-state index in [0.717, 1.165) is 5.39 Å². The van der Waals surface area contributed by atoms with Gasteiger partial charge in [0.05, 0.1) is 17.3 Å². The van der Waals surface area contributed by atoms with E-state index in [2.05, 4.69) is 20.8 Å². The Morgan fingerprint density at radius 3 is 2.43 bits per heavy atom. The number of para-hydroxylation sites is 1. The first-order valence-corrected chi connectivity index (χ1v) is 7.29. The molecular formula is C17H16N4O2. The molecule has 3 rings (SSSR count). The number of benzene rings is 2. The third-order valence-corrected chi connectivity index (χ3v) is 3.45. The second kappa shape index (κ2) is 6.74. The van der Waals surface area contributed by atoms with E-state index in [4.69, 9.17) is 0 Å². The molecule has 1 aromatic heterocycles. The van der Waals surface area contributed by atoms with Crippen LogP contribution >= 0.6 is 0 Å². The number of amides is 2. The van der Waals surface area contributed by atoms with Crippen molar-refractivity contribution in [3.8, 4) is 0 Å². The van der Waals surface area contributed by atoms with Gasteiger partial charge in [-0.3, -0.25) is 14.7 Å². The topological polar surface area (TPSA) is 86.9 Å². The Kier molecular flexibility index (Phi) is 4.33. The zero-order valence-electron chi connectivity index (χ0n) is 12.4. The van der Waals surface area contributed by atoms with E-state index in [1.807, 2.05) is 30.3 Å². The zero-order valence-corrected chi connectivity index (χ0v) is 12.4. The van der Waals surface area contributed by atoms with Crippen molar-refractivity contribution in [1.82, 2.24) is 20.8 Å². The number of H-pyrrole nitrogens is 1. The maximum Gasteiger partial charge on any atom is 0.253 e. The van der Waals surface area contributed by atoms with Gasteiger partial charge in [-0.05, 0) is 18.2 Å². The Bertz CT molecular complexity index is 827. The summed E-state index contributed by atoms with van der Waals surface area (Å²) in [5, 5.41) is 13.2. The fourth-order valence-electron chi connectivity index (χ4n) is 2.30. The second-order valence-electron chi connectivity index (χ2n) is 5.02. The normalized spacial score (nSPS) is 10.4. The number of aromatic amines is 1. The molecule has 0 saturated heterocycles. The van der Waals surface area contributed by atoms with Gasteiger partial charge in [0.1, 0.15) is 0 Å². The van der Waals surface area contributed by atoms with Gasteiger partial charge in [0.2, 0.25) is 0 Å². The molecule has 0 fully saturated rings. The Labute approximate surface area is 132 Å². The van der Waals surface area contributed by atoms with Crippen molar-refractivity contribution in [3.05, 3.63) is 65.9 Å². The first-order chi connectivity index (χ1) is 11.3. The lowest BCUT2D eigenvalue weighted by molar-refractivity contribution is 0.0928. The van der Waals surface area contributed by atoms with Gasteiger partial charge >= 0.3 is 0 Å². The number of nitrogens with zero attached hydrogens (tertiary/aromatic N) is 1. The number of hydrogen-bond donors (Lipinski definition) is 3. The summed E-state index contributed by atoms with van der Waals surface area (Å²) >= 11 is 0. The van der Waals surface area contributed by atoms with Gasteiger partial charge < -0.3 is 10.6 Å². The van der Waals surface area contributed by atoms with Crippen LogP contribution in [0.4, 0.5) is 0 Å². The molecule has 0 atom stereocenters. The van der Waals surface area contributed by atoms with Crippen LogP contribution in [0.3, 0.4) is 0 Å². The highest BCUT2D eigenvalue weighted by Crippen LogP contribution is 2.15. The molecule has 0 aliphatic rings. The molecular weight excluding hydrogens is 292 g/mol. The van der Waals surface area contributed by atoms with E-state index < -0.39 is 0 Å². The predicted octanol–water partition coefficient (Wildman–Crippen LogP) is 1.72. The van der Waals surface area contributed by atoms with Crippen molar-refractivity contribution in [3.63, 3.8) is 0 Å². The van der Waals surface area contributed by atoms with Crippen LogP contribution in [0.15, 0.2) is 54.7 Å². The van der Waals surface area contributed by atoms with Crippen molar-refractivity contribution < 1.29 is 9.59 Å². The fraction of sp³-hybridized carbons (Fsp3) is 0.118. The van der Waals surface area contributed by atoms with Crippen LogP contribution in [0.5, 0.6) is 0 Å². The van der Waals surface area contributed by atoms with Crippen molar-refractivity contribution in [2.24, 2.45) is 0 Å². The lowest BCUT2D eigenvalue weighted by Crippen LogP contribution is -2.34. The zero-order chi connectivity index (χ0) is 16.1. The quantitative estimate of drug-likeness (QED) is 0.627. The van der Waals surface area contributed by atoms with Crippen LogP contribution in [-0.2, 0) is 0 Å². The van der Waals surface area contributed by atoms with Gasteiger partial charge in [-0.1, -0.05) is 30.3 Å². The standard InChI is InChI=1S/C17H16N4O2/c22-16(12-5-2-1-3-6-12)18-9-10-19-17(23)14-8-4-7-13-11-20-21-15(13)14/h1-8,11H,9-10H2,(H,18,22)(H,19,23)(H,20,21). The van der Waals surface area contributed by atoms with E-state index in [0.29, 0.717) is 29.7 Å². The molecule has 0 radical (unpaired) electrons. The second-order valence-corrected chi connectivity index (χ2v) is 5.02. The molecule has 6 nitrogen and oxygen atoms in total. The number of fused-ring (bicyclic) bond motifs is 1. The van der Waals surface area contributed by atoms with E-state index in [9.17, 15) is 9.59 Å². The monoisotopic (exact) mass is 308 g/mol. The Hall–Kier alpha value is -3.15. The molecule has 23 heavy (non-hydrogen) atoms. The van der Waals surface area contributed by atoms with Gasteiger partial charge in [0.25, 0.3) is 11.8 Å². The molecule has 1 heterocycles. The van der Waals surface area contributed by atoms with E-state index in [-0.39, 0.29) is 11.8 Å². The summed E-state index contributed by atoms with van der Waals surface area (Å²) in [4.78, 5) is 24.1. The number of carbonyl (C=O) groups excluding carboxylic acids is 2. The first-order valence-electron chi connectivity index (χ1n) is 7.29. The highest BCUT2D eigenvalue weighted by Gasteiger charge is 2.10. The minimum Gasteiger partial charge on any atom is -0.350 e. The summed E-state index contributed by atoms with van der Waals surface area (Å²) < 4.78 is 0. The Morgan fingerprint density at radius 2 is 1.65 bits per heavy atom. The van der Waals surface area contributed by atoms with Crippen molar-refractivity contribution in [2.45, 2.75) is 0 Å². The maximum absolute atomic E-state index is 12.2. The number of aromatic nitrogens is 2. The Balaban J connectivity index is 1.52. The van der Waals surface area contributed by atoms with E-state index in [1.54, 1.807) is 24.4 Å². The highest BCUT2D eigenvalue weighted by molar-refractivity contribution is 6.05. The molecule has 0 saturated carbocycles. The number of hydrogen-bond acceptors (Lipinski definition) is 3. The summed E-state index contributed by atoms with van der Waals surface area (Å²) in [6.45, 7) is 0.709. The summed E-state index contributed by atoms with van der Waals surface area (Å²) in [6, 6.07) is 14.4. The summed E-state index contributed by atoms with van der Waals surface area (Å²) in [5.41, 5.74) is 1.84. The SMILES string of the molecule is O=C(NCCNC(=O)c1cccc2cn[nH]c12)c1ccccc1. The third kappa shape index (κ3) is 3.37. The average Bonchev–Trinajstić information content (AvgIpc) is 3.07. The summed E-state index contributed by atoms with van der Waals surface area (Å²) in [7, 11) is 0. The molecule has 0 aliphatic heterocycles. The number of nitrogens with one attached hydrogen (secondary N) is 3. The van der Waals surface area contributed by atoms with Crippen LogP contribution in [0.25, 0.3) is 10.9 Å². The molecule has 6 heteroatoms. The van der Waals surface area contributed by atoms with Crippen LogP contribution < -0.4 is 10.6 Å². The van der Waals surface area contributed by atoms with Gasteiger partial charge in [-0.15, -0.1) is 0 Å². The third-order valence-electron chi connectivity index (χ3n) is 3.45. The predicted molar refractivity (Wildman–Crippen MR) is 87.2 cm³/mol. The highest BCUT2D eigenvalue weighted by atomic mass is 16.2. The molecule has 0 aliphatic carbocycles. The van der Waals surface area contributed by atoms with Gasteiger partial charge in [0.15, 0.2) is 0 Å². The lowest BCUT2D eigenvalue weighted by atomic mass is 10.1. The van der Waals surface area contributed by atoms with Crippen LogP contribution in [0, 0.1) is 0 Å². The first kappa shape index (κ1) is 14.8. The average molecular weight is 308 g/mol. The van der Waals surface area contributed by atoms with Crippen LogP contribution in [-0.4, -0.2) is 35.1 Å². The fourth-order valence-corrected chi connectivity index (χ4v) is 2.30. The number of carbonyl (C=O) groups is 2. The molecule has 116 valence electrons. The largest absolute Gasteiger partial charge is 0.350 e. The van der Waals surface area contributed by atoms with Gasteiger partial charge in [-0.2, -0.15) is 5.10 Å². The molecule has 2 aromatic carbocycles. The van der Waals surface area contributed by atoms with Crippen LogP contribution in [0.2, 0.25) is 0 Å². The van der Waals surface area contributed by atoms with E-state index in [1.165, 1.54) is 0 Å². The lowest BCUT2D eigenvalue weighted by Gasteiger charge is -2.07. The van der Waals surface area contributed by atoms with Crippen LogP contribution in [0.1, 0.15) is 20.7 Å². The van der Waals surface area contributed by atoms with Crippen molar-refractivity contribution in [1.29, 1.82) is 0 Å². The summed E-state index contributed by atoms with van der Waals surface area (Å²) in [6.07, 6.45) is 1.67. The number of rotatable bonds is 5. The molecule has 0 bridgehead atoms. The molecule has 2 amide bonds. The smallest absolute Gasteiger partial charge is 0.253 e. The maximum atomic E-state index is 12.2. The molecule has 3 N–H and O–H groups in total. The van der Waals surface area contributed by atoms with Crippen molar-refractivity contribution >= 4 is 22.7 Å². The molecule has 0 unspecified atom stereocenters. The molecule has 0 spiro atoms. The van der Waals surface area contributed by atoms with Crippen molar-refractivity contribution in [2.75, 3.05) is 13.1 Å². The minimum atomic E-state index is -0.200. The summed E-state index contributed by atoms with van der Waals surface area (Å²) in [5.74, 6) is -0.357. The van der Waals surface area contributed by atoms with Gasteiger partial charge in [-0.25, -0.2) is 0 Å². The minimum absolute atomic E-state index is 0.157. The van der Waals surface area contributed by atoms with Gasteiger partial charge in [0, 0.05) is 24.0 Å². The van der Waals surface area contributed by atoms with E-state index >= 15 is 0 Å². The Morgan fingerprint density at radius 1 is 0.913 bits per heavy atom. The molecule has 3 aromatic rings.